The number of carbonyl (C=O) groups excluding carboxylic acids is 1. The van der Waals surface area contributed by atoms with Gasteiger partial charge in [-0.2, -0.15) is 0 Å². The predicted molar refractivity (Wildman–Crippen MR) is 57.8 cm³/mol. The highest BCUT2D eigenvalue weighted by molar-refractivity contribution is 5.97. The first-order chi connectivity index (χ1) is 7.52. The van der Waals surface area contributed by atoms with Crippen LogP contribution in [0.25, 0.3) is 0 Å². The maximum Gasteiger partial charge on any atom is 0.355 e. The molecule has 1 heterocycles. The van der Waals surface area contributed by atoms with Crippen LogP contribution >= 0.6 is 0 Å². The second kappa shape index (κ2) is 4.83. The van der Waals surface area contributed by atoms with Crippen LogP contribution in [0.15, 0.2) is 0 Å². The molecule has 0 aliphatic rings. The molecule has 0 saturated heterocycles. The Bertz CT molecular complexity index is 420. The van der Waals surface area contributed by atoms with E-state index in [-0.39, 0.29) is 17.9 Å². The fraction of sp³-hybridized carbons (Fsp3) is 0.455. The lowest BCUT2D eigenvalue weighted by molar-refractivity contribution is 0.0519. The molecule has 0 aliphatic heterocycles. The van der Waals surface area contributed by atoms with Crippen LogP contribution in [-0.2, 0) is 11.2 Å². The van der Waals surface area contributed by atoms with Gasteiger partial charge in [-0.05, 0) is 25.8 Å². The van der Waals surface area contributed by atoms with Crippen molar-refractivity contribution in [2.24, 2.45) is 0 Å². The Morgan fingerprint density at radius 1 is 1.38 bits per heavy atom. The van der Waals surface area contributed by atoms with Crippen molar-refractivity contribution in [2.45, 2.75) is 27.2 Å². The molecular weight excluding hydrogens is 210 g/mol. The van der Waals surface area contributed by atoms with Gasteiger partial charge in [0.15, 0.2) is 0 Å². The van der Waals surface area contributed by atoms with Gasteiger partial charge in [0.1, 0.15) is 5.69 Å². The molecule has 88 valence electrons. The van der Waals surface area contributed by atoms with Crippen LogP contribution in [0.5, 0.6) is 0 Å². The number of esters is 1. The van der Waals surface area contributed by atoms with E-state index in [4.69, 9.17) is 9.84 Å². The quantitative estimate of drug-likeness (QED) is 0.765. The third-order valence-electron chi connectivity index (χ3n) is 2.34. The van der Waals surface area contributed by atoms with Crippen molar-refractivity contribution in [1.29, 1.82) is 0 Å². The molecular formula is C11H15NO4. The van der Waals surface area contributed by atoms with Crippen LogP contribution in [-0.4, -0.2) is 28.6 Å². The van der Waals surface area contributed by atoms with Gasteiger partial charge in [-0.3, -0.25) is 0 Å². The Balaban J connectivity index is 3.26. The molecule has 2 N–H and O–H groups in total. The summed E-state index contributed by atoms with van der Waals surface area (Å²) in [7, 11) is 0. The Morgan fingerprint density at radius 3 is 2.44 bits per heavy atom. The molecule has 0 bridgehead atoms. The van der Waals surface area contributed by atoms with Crippen LogP contribution in [0, 0.1) is 6.92 Å². The van der Waals surface area contributed by atoms with Crippen LogP contribution in [0.2, 0.25) is 0 Å². The summed E-state index contributed by atoms with van der Waals surface area (Å²) < 4.78 is 4.86. The summed E-state index contributed by atoms with van der Waals surface area (Å²) in [6.45, 7) is 5.41. The van der Waals surface area contributed by atoms with E-state index in [9.17, 15) is 9.59 Å². The molecule has 0 atom stereocenters. The summed E-state index contributed by atoms with van der Waals surface area (Å²) in [5, 5.41) is 9.03. The van der Waals surface area contributed by atoms with Gasteiger partial charge >= 0.3 is 11.9 Å². The van der Waals surface area contributed by atoms with E-state index in [0.717, 1.165) is 0 Å². The number of rotatable bonds is 4. The Kier molecular flexibility index (Phi) is 3.71. The van der Waals surface area contributed by atoms with Crippen molar-refractivity contribution in [3.05, 3.63) is 22.5 Å². The van der Waals surface area contributed by atoms with Crippen LogP contribution < -0.4 is 0 Å². The Hall–Kier alpha value is -1.78. The zero-order valence-corrected chi connectivity index (χ0v) is 9.59. The van der Waals surface area contributed by atoms with Crippen molar-refractivity contribution in [3.8, 4) is 0 Å². The molecule has 0 amide bonds. The van der Waals surface area contributed by atoms with E-state index in [1.807, 2.05) is 0 Å². The lowest BCUT2D eigenvalue weighted by Crippen LogP contribution is -2.09. The number of aromatic amines is 1. The van der Waals surface area contributed by atoms with Gasteiger partial charge in [0.2, 0.25) is 0 Å². The van der Waals surface area contributed by atoms with Crippen LogP contribution in [0.4, 0.5) is 0 Å². The van der Waals surface area contributed by atoms with Gasteiger partial charge in [0, 0.05) is 5.69 Å². The Morgan fingerprint density at radius 2 is 2.00 bits per heavy atom. The summed E-state index contributed by atoms with van der Waals surface area (Å²) in [4.78, 5) is 25.4. The van der Waals surface area contributed by atoms with E-state index in [0.29, 0.717) is 17.7 Å². The lowest BCUT2D eigenvalue weighted by Gasteiger charge is -2.02. The minimum Gasteiger partial charge on any atom is -0.478 e. The third kappa shape index (κ3) is 2.08. The van der Waals surface area contributed by atoms with Gasteiger partial charge in [-0.1, -0.05) is 6.92 Å². The topological polar surface area (TPSA) is 79.4 Å². The van der Waals surface area contributed by atoms with Crippen molar-refractivity contribution < 1.29 is 19.4 Å². The van der Waals surface area contributed by atoms with Crippen molar-refractivity contribution in [3.63, 3.8) is 0 Å². The van der Waals surface area contributed by atoms with Gasteiger partial charge in [0.05, 0.1) is 12.2 Å². The summed E-state index contributed by atoms with van der Waals surface area (Å²) in [5.74, 6) is -1.53. The number of carboxylic acids is 1. The molecule has 0 radical (unpaired) electrons. The number of aromatic nitrogens is 1. The van der Waals surface area contributed by atoms with Crippen LogP contribution in [0.3, 0.4) is 0 Å². The van der Waals surface area contributed by atoms with Crippen molar-refractivity contribution in [1.82, 2.24) is 4.98 Å². The third-order valence-corrected chi connectivity index (χ3v) is 2.34. The fourth-order valence-electron chi connectivity index (χ4n) is 1.70. The molecule has 0 saturated carbocycles. The zero-order chi connectivity index (χ0) is 12.3. The number of aromatic carboxylic acids is 1. The predicted octanol–water partition coefficient (Wildman–Crippen LogP) is 1.76. The van der Waals surface area contributed by atoms with E-state index >= 15 is 0 Å². The second-order valence-electron chi connectivity index (χ2n) is 3.36. The summed E-state index contributed by atoms with van der Waals surface area (Å²) in [6.07, 6.45) is 0.472. The average molecular weight is 225 g/mol. The number of H-pyrrole nitrogens is 1. The van der Waals surface area contributed by atoms with Crippen molar-refractivity contribution >= 4 is 11.9 Å². The van der Waals surface area contributed by atoms with Crippen LogP contribution in [0.1, 0.15) is 46.0 Å². The number of hydrogen-bond acceptors (Lipinski definition) is 3. The highest BCUT2D eigenvalue weighted by Crippen LogP contribution is 2.20. The van der Waals surface area contributed by atoms with Gasteiger partial charge < -0.3 is 14.8 Å². The molecule has 0 aromatic carbocycles. The maximum absolute atomic E-state index is 11.6. The molecule has 1 aromatic heterocycles. The first-order valence-corrected chi connectivity index (χ1v) is 5.14. The standard InChI is InChI=1S/C11H15NO4/c1-4-7-8(10(13)14)6(3)12-9(7)11(15)16-5-2/h12H,4-5H2,1-3H3,(H,13,14). The summed E-state index contributed by atoms with van der Waals surface area (Å²) in [6, 6.07) is 0. The lowest BCUT2D eigenvalue weighted by atomic mass is 10.1. The summed E-state index contributed by atoms with van der Waals surface area (Å²) >= 11 is 0. The number of hydrogen-bond donors (Lipinski definition) is 2. The van der Waals surface area contributed by atoms with E-state index < -0.39 is 11.9 Å². The van der Waals surface area contributed by atoms with Gasteiger partial charge in [-0.15, -0.1) is 0 Å². The molecule has 0 fully saturated rings. The molecule has 16 heavy (non-hydrogen) atoms. The molecule has 0 unspecified atom stereocenters. The van der Waals surface area contributed by atoms with E-state index in [1.165, 1.54) is 0 Å². The van der Waals surface area contributed by atoms with Gasteiger partial charge in [-0.25, -0.2) is 9.59 Å². The number of carboxylic acid groups (broad SMARTS) is 1. The highest BCUT2D eigenvalue weighted by Gasteiger charge is 2.23. The Labute approximate surface area is 93.4 Å². The number of aryl methyl sites for hydroxylation is 1. The minimum atomic E-state index is -1.03. The number of nitrogens with one attached hydrogen (secondary N) is 1. The second-order valence-corrected chi connectivity index (χ2v) is 3.36. The van der Waals surface area contributed by atoms with E-state index in [1.54, 1.807) is 20.8 Å². The van der Waals surface area contributed by atoms with Gasteiger partial charge in [0.25, 0.3) is 0 Å². The number of carbonyl (C=O) groups is 2. The van der Waals surface area contributed by atoms with E-state index in [2.05, 4.69) is 4.98 Å². The monoisotopic (exact) mass is 225 g/mol. The molecule has 0 spiro atoms. The molecule has 5 nitrogen and oxygen atoms in total. The SMILES string of the molecule is CCOC(=O)c1[nH]c(C)c(C(=O)O)c1CC. The maximum atomic E-state index is 11.6. The smallest absolute Gasteiger partial charge is 0.355 e. The fourth-order valence-corrected chi connectivity index (χ4v) is 1.70. The first-order valence-electron chi connectivity index (χ1n) is 5.14. The average Bonchev–Trinajstić information content (AvgIpc) is 2.55. The first kappa shape index (κ1) is 12.3. The normalized spacial score (nSPS) is 10.2. The molecule has 0 aliphatic carbocycles. The number of ether oxygens (including phenoxy) is 1. The minimum absolute atomic E-state index is 0.172. The molecule has 5 heteroatoms. The highest BCUT2D eigenvalue weighted by atomic mass is 16.5. The molecule has 1 aromatic rings. The molecule has 1 rings (SSSR count). The van der Waals surface area contributed by atoms with Crippen molar-refractivity contribution in [2.75, 3.05) is 6.61 Å². The largest absolute Gasteiger partial charge is 0.478 e. The zero-order valence-electron chi connectivity index (χ0n) is 9.59. The summed E-state index contributed by atoms with van der Waals surface area (Å²) in [5.41, 5.74) is 1.40.